The van der Waals surface area contributed by atoms with Gasteiger partial charge in [0.15, 0.2) is 0 Å². The van der Waals surface area contributed by atoms with Crippen molar-refractivity contribution in [2.24, 2.45) is 0 Å². The molecule has 1 aromatic carbocycles. The zero-order chi connectivity index (χ0) is 20.4. The molecule has 2 aromatic rings. The first-order valence-electron chi connectivity index (χ1n) is 10.1. The Morgan fingerprint density at radius 2 is 1.79 bits per heavy atom. The Kier molecular flexibility index (Phi) is 4.49. The number of rotatable bonds is 2. The maximum atomic E-state index is 13.3. The molecule has 150 valence electrons. The summed E-state index contributed by atoms with van der Waals surface area (Å²) >= 11 is 0. The first-order chi connectivity index (χ1) is 13.0. The lowest BCUT2D eigenvalue weighted by atomic mass is 9.74. The van der Waals surface area contributed by atoms with Crippen molar-refractivity contribution in [2.45, 2.75) is 84.2 Å². The average molecular weight is 384 g/mol. The lowest BCUT2D eigenvalue weighted by Crippen LogP contribution is -2.41. The van der Waals surface area contributed by atoms with E-state index in [1.807, 2.05) is 47.6 Å². The fourth-order valence-corrected chi connectivity index (χ4v) is 4.27. The van der Waals surface area contributed by atoms with Gasteiger partial charge >= 0.3 is 7.12 Å². The van der Waals surface area contributed by atoms with E-state index in [1.165, 1.54) is 0 Å². The van der Waals surface area contributed by atoms with E-state index >= 15 is 0 Å². The second-order valence-electron chi connectivity index (χ2n) is 9.22. The lowest BCUT2D eigenvalue weighted by molar-refractivity contribution is 0.00578. The molecule has 6 nitrogen and oxygen atoms in total. The lowest BCUT2D eigenvalue weighted by Gasteiger charge is -2.32. The van der Waals surface area contributed by atoms with Gasteiger partial charge in [0, 0.05) is 0 Å². The molecule has 0 radical (unpaired) electrons. The van der Waals surface area contributed by atoms with Crippen molar-refractivity contribution in [1.82, 2.24) is 9.55 Å². The van der Waals surface area contributed by atoms with Crippen molar-refractivity contribution >= 4 is 23.5 Å². The molecule has 2 unspecified atom stereocenters. The number of hydrogen-bond donors (Lipinski definition) is 1. The van der Waals surface area contributed by atoms with Gasteiger partial charge in [0.25, 0.3) is 5.56 Å². The first kappa shape index (κ1) is 19.6. The Morgan fingerprint density at radius 1 is 1.14 bits per heavy atom. The molecule has 1 saturated carbocycles. The van der Waals surface area contributed by atoms with Gasteiger partial charge in [-0.3, -0.25) is 9.36 Å². The summed E-state index contributed by atoms with van der Waals surface area (Å²) in [6, 6.07) is 1.67. The Morgan fingerprint density at radius 3 is 2.36 bits per heavy atom. The molecule has 1 aliphatic carbocycles. The van der Waals surface area contributed by atoms with E-state index in [0.717, 1.165) is 35.9 Å². The Bertz CT molecular complexity index is 982. The van der Waals surface area contributed by atoms with Crippen LogP contribution in [0.15, 0.2) is 17.2 Å². The molecular formula is C21H29BN2O4. The molecule has 1 aromatic heterocycles. The van der Waals surface area contributed by atoms with Crippen molar-refractivity contribution in [3.63, 3.8) is 0 Å². The van der Waals surface area contributed by atoms with Crippen LogP contribution in [0.3, 0.4) is 0 Å². The monoisotopic (exact) mass is 384 g/mol. The van der Waals surface area contributed by atoms with Crippen LogP contribution >= 0.6 is 0 Å². The third-order valence-electron chi connectivity index (χ3n) is 6.99. The SMILES string of the molecule is Cc1c(B2OC(C)(C)C(C)(C)O2)cc2c(=O)n(C3CCCC3O)cnc2c1C. The predicted molar refractivity (Wildman–Crippen MR) is 110 cm³/mol. The Labute approximate surface area is 166 Å². The van der Waals surface area contributed by atoms with E-state index in [2.05, 4.69) is 4.98 Å². The zero-order valence-electron chi connectivity index (χ0n) is 17.6. The fourth-order valence-electron chi connectivity index (χ4n) is 4.27. The van der Waals surface area contributed by atoms with Gasteiger partial charge in [-0.05, 0) is 83.5 Å². The molecule has 0 bridgehead atoms. The minimum Gasteiger partial charge on any atom is -0.399 e. The molecule has 2 aliphatic rings. The van der Waals surface area contributed by atoms with Gasteiger partial charge in [-0.1, -0.05) is 0 Å². The van der Waals surface area contributed by atoms with Crippen LogP contribution < -0.4 is 11.0 Å². The third-order valence-corrected chi connectivity index (χ3v) is 6.99. The highest BCUT2D eigenvalue weighted by Gasteiger charge is 2.52. The van der Waals surface area contributed by atoms with Gasteiger partial charge in [-0.15, -0.1) is 0 Å². The van der Waals surface area contributed by atoms with Crippen LogP contribution in [0.2, 0.25) is 0 Å². The van der Waals surface area contributed by atoms with Gasteiger partial charge in [0.05, 0.1) is 40.6 Å². The molecule has 28 heavy (non-hydrogen) atoms. The highest BCUT2D eigenvalue weighted by molar-refractivity contribution is 6.63. The molecule has 0 amide bonds. The van der Waals surface area contributed by atoms with E-state index in [9.17, 15) is 9.90 Å². The minimum absolute atomic E-state index is 0.114. The van der Waals surface area contributed by atoms with Crippen molar-refractivity contribution in [1.29, 1.82) is 0 Å². The van der Waals surface area contributed by atoms with Crippen molar-refractivity contribution < 1.29 is 14.4 Å². The Hall–Kier alpha value is -1.70. The van der Waals surface area contributed by atoms with E-state index in [-0.39, 0.29) is 11.6 Å². The maximum absolute atomic E-state index is 13.3. The standard InChI is InChI=1S/C21H29BN2O4/c1-12-13(2)18-14(10-15(12)22-27-20(3,4)21(5,6)28-22)19(26)24(11-23-18)16-8-7-9-17(16)25/h10-11,16-17,25H,7-9H2,1-6H3. The summed E-state index contributed by atoms with van der Waals surface area (Å²) < 4.78 is 14.1. The van der Waals surface area contributed by atoms with E-state index in [0.29, 0.717) is 10.9 Å². The fraction of sp³-hybridized carbons (Fsp3) is 0.619. The number of fused-ring (bicyclic) bond motifs is 1. The summed E-state index contributed by atoms with van der Waals surface area (Å²) in [4.78, 5) is 17.9. The quantitative estimate of drug-likeness (QED) is 0.805. The van der Waals surface area contributed by atoms with Crippen LogP contribution in [0.5, 0.6) is 0 Å². The molecule has 2 atom stereocenters. The molecule has 1 aliphatic heterocycles. The summed E-state index contributed by atoms with van der Waals surface area (Å²) in [5.41, 5.74) is 2.54. The number of aliphatic hydroxyl groups excluding tert-OH is 1. The molecule has 0 spiro atoms. The van der Waals surface area contributed by atoms with Crippen molar-refractivity contribution in [3.05, 3.63) is 33.9 Å². The second-order valence-corrected chi connectivity index (χ2v) is 9.22. The smallest absolute Gasteiger partial charge is 0.399 e. The summed E-state index contributed by atoms with van der Waals surface area (Å²) in [5.74, 6) is 0. The van der Waals surface area contributed by atoms with Gasteiger partial charge in [-0.2, -0.15) is 0 Å². The normalized spacial score (nSPS) is 26.3. The number of nitrogens with zero attached hydrogens (tertiary/aromatic N) is 2. The average Bonchev–Trinajstić information content (AvgIpc) is 3.11. The molecule has 4 rings (SSSR count). The molecule has 1 N–H and O–H groups in total. The molecule has 7 heteroatoms. The highest BCUT2D eigenvalue weighted by atomic mass is 16.7. The van der Waals surface area contributed by atoms with E-state index in [4.69, 9.17) is 9.31 Å². The molecule has 2 fully saturated rings. The van der Waals surface area contributed by atoms with Crippen molar-refractivity contribution in [2.75, 3.05) is 0 Å². The van der Waals surface area contributed by atoms with Gasteiger partial charge in [0.1, 0.15) is 0 Å². The largest absolute Gasteiger partial charge is 0.495 e. The number of hydrogen-bond acceptors (Lipinski definition) is 5. The maximum Gasteiger partial charge on any atom is 0.495 e. The predicted octanol–water partition coefficient (Wildman–Crippen LogP) is 2.40. The highest BCUT2D eigenvalue weighted by Crippen LogP contribution is 2.37. The summed E-state index contributed by atoms with van der Waals surface area (Å²) in [7, 11) is -0.529. The van der Waals surface area contributed by atoms with E-state index in [1.54, 1.807) is 10.9 Å². The summed E-state index contributed by atoms with van der Waals surface area (Å²) in [5, 5.41) is 10.8. The van der Waals surface area contributed by atoms with Crippen LogP contribution in [0.4, 0.5) is 0 Å². The second kappa shape index (κ2) is 6.41. The summed E-state index contributed by atoms with van der Waals surface area (Å²) in [6.07, 6.45) is 3.53. The molecule has 2 heterocycles. The van der Waals surface area contributed by atoms with Gasteiger partial charge < -0.3 is 14.4 Å². The zero-order valence-corrected chi connectivity index (χ0v) is 17.6. The summed E-state index contributed by atoms with van der Waals surface area (Å²) in [6.45, 7) is 12.1. The third kappa shape index (κ3) is 2.83. The Balaban J connectivity index is 1.86. The minimum atomic E-state index is -0.529. The van der Waals surface area contributed by atoms with Crippen LogP contribution in [-0.4, -0.2) is 39.1 Å². The topological polar surface area (TPSA) is 73.6 Å². The molecule has 1 saturated heterocycles. The van der Waals surface area contributed by atoms with Crippen molar-refractivity contribution in [3.8, 4) is 0 Å². The number of aromatic nitrogens is 2. The van der Waals surface area contributed by atoms with Crippen LogP contribution in [-0.2, 0) is 9.31 Å². The van der Waals surface area contributed by atoms with Crippen LogP contribution in [0.1, 0.15) is 64.1 Å². The van der Waals surface area contributed by atoms with Gasteiger partial charge in [-0.25, -0.2) is 4.98 Å². The first-order valence-corrected chi connectivity index (χ1v) is 10.1. The number of benzene rings is 1. The van der Waals surface area contributed by atoms with Crippen LogP contribution in [0, 0.1) is 13.8 Å². The molecular weight excluding hydrogens is 355 g/mol. The number of aliphatic hydroxyl groups is 1. The van der Waals surface area contributed by atoms with E-state index < -0.39 is 24.4 Å². The number of aryl methyl sites for hydroxylation is 1. The van der Waals surface area contributed by atoms with Gasteiger partial charge in [0.2, 0.25) is 0 Å². The van der Waals surface area contributed by atoms with Crippen LogP contribution in [0.25, 0.3) is 10.9 Å².